The van der Waals surface area contributed by atoms with E-state index in [1.54, 1.807) is 18.5 Å². The van der Waals surface area contributed by atoms with Gasteiger partial charge in [-0.05, 0) is 17.2 Å². The van der Waals surface area contributed by atoms with Crippen molar-refractivity contribution in [2.24, 2.45) is 5.41 Å². The number of hydrogen-bond donors (Lipinski definition) is 1. The van der Waals surface area contributed by atoms with Gasteiger partial charge in [0.25, 0.3) is 0 Å². The molecule has 0 radical (unpaired) electrons. The summed E-state index contributed by atoms with van der Waals surface area (Å²) in [5.41, 5.74) is 4.35. The number of carbonyl (C=O) groups excluding carboxylic acids is 1. The second kappa shape index (κ2) is 7.95. The van der Waals surface area contributed by atoms with Gasteiger partial charge in [0.05, 0.1) is 17.5 Å². The van der Waals surface area contributed by atoms with Crippen LogP contribution in [0.4, 0.5) is 0 Å². The third-order valence-corrected chi connectivity index (χ3v) is 4.81. The van der Waals surface area contributed by atoms with Crippen LogP contribution >= 0.6 is 0 Å². The lowest BCUT2D eigenvalue weighted by atomic mass is 9.87. The van der Waals surface area contributed by atoms with Crippen LogP contribution in [0.5, 0.6) is 0 Å². The summed E-state index contributed by atoms with van der Waals surface area (Å²) in [5, 5.41) is 13.3. The first kappa shape index (κ1) is 20.2. The lowest BCUT2D eigenvalue weighted by Gasteiger charge is -2.15. The summed E-state index contributed by atoms with van der Waals surface area (Å²) in [7, 11) is 0. The lowest BCUT2D eigenvalue weighted by Crippen LogP contribution is -2.20. The van der Waals surface area contributed by atoms with E-state index in [9.17, 15) is 10.1 Å². The number of carbonyl (C=O) groups is 1. The maximum atomic E-state index is 12.7. The molecule has 0 aliphatic carbocycles. The van der Waals surface area contributed by atoms with Crippen molar-refractivity contribution < 1.29 is 4.79 Å². The molecule has 154 valence electrons. The Morgan fingerprint density at radius 3 is 2.68 bits per heavy atom. The molecule has 3 aromatic heterocycles. The molecular weight excluding hydrogens is 390 g/mol. The standard InChI is InChI=1S/C23H21N7O/c1-23(2,3)21(31)19-12-27-22-20(19)29-17(11-26-22)8-15-4-6-16(7-5-15)9-18(10-24)30-14-25-13-28-30/h4-7,9,11-14H,8H2,1-3H3,(H,26,27)/b18-9+. The van der Waals surface area contributed by atoms with Gasteiger partial charge in [0.1, 0.15) is 29.9 Å². The first-order chi connectivity index (χ1) is 14.8. The van der Waals surface area contributed by atoms with Gasteiger partial charge in [-0.25, -0.2) is 19.6 Å². The fourth-order valence-corrected chi connectivity index (χ4v) is 3.17. The third kappa shape index (κ3) is 4.26. The van der Waals surface area contributed by atoms with Gasteiger partial charge in [-0.1, -0.05) is 45.0 Å². The Morgan fingerprint density at radius 1 is 1.26 bits per heavy atom. The lowest BCUT2D eigenvalue weighted by molar-refractivity contribution is 0.0860. The van der Waals surface area contributed by atoms with Crippen LogP contribution in [-0.4, -0.2) is 35.5 Å². The van der Waals surface area contributed by atoms with Crippen LogP contribution in [0.1, 0.15) is 48.0 Å². The van der Waals surface area contributed by atoms with Crippen LogP contribution in [0.2, 0.25) is 0 Å². The minimum Gasteiger partial charge on any atom is -0.344 e. The molecule has 4 rings (SSSR count). The molecule has 0 saturated heterocycles. The molecule has 1 aromatic carbocycles. The van der Waals surface area contributed by atoms with E-state index in [0.717, 1.165) is 16.8 Å². The normalized spacial score (nSPS) is 12.1. The number of hydrogen-bond acceptors (Lipinski definition) is 6. The molecule has 0 fully saturated rings. The predicted octanol–water partition coefficient (Wildman–Crippen LogP) is 3.89. The van der Waals surface area contributed by atoms with Crippen molar-refractivity contribution in [3.63, 3.8) is 0 Å². The van der Waals surface area contributed by atoms with Crippen molar-refractivity contribution in [1.29, 1.82) is 5.26 Å². The van der Waals surface area contributed by atoms with E-state index >= 15 is 0 Å². The SMILES string of the molecule is CC(C)(C)C(=O)c1c[nH]c2ncc(Cc3ccc(/C=C(\C#N)n4cncn4)cc3)nc12. The monoisotopic (exact) mass is 411 g/mol. The Balaban J connectivity index is 1.57. The molecule has 31 heavy (non-hydrogen) atoms. The second-order valence-electron chi connectivity index (χ2n) is 8.24. The van der Waals surface area contributed by atoms with E-state index in [0.29, 0.717) is 28.8 Å². The van der Waals surface area contributed by atoms with Gasteiger partial charge in [0.15, 0.2) is 11.4 Å². The molecule has 1 N–H and O–H groups in total. The number of benzene rings is 1. The van der Waals surface area contributed by atoms with Gasteiger partial charge >= 0.3 is 0 Å². The van der Waals surface area contributed by atoms with E-state index in [2.05, 4.69) is 26.1 Å². The Kier molecular flexibility index (Phi) is 5.17. The fourth-order valence-electron chi connectivity index (χ4n) is 3.17. The van der Waals surface area contributed by atoms with Crippen LogP contribution < -0.4 is 0 Å². The summed E-state index contributed by atoms with van der Waals surface area (Å²) < 4.78 is 1.42. The van der Waals surface area contributed by atoms with E-state index < -0.39 is 5.41 Å². The average molecular weight is 411 g/mol. The Bertz CT molecular complexity index is 1300. The van der Waals surface area contributed by atoms with Crippen molar-refractivity contribution in [2.45, 2.75) is 27.2 Å². The molecule has 0 atom stereocenters. The number of H-pyrrole nitrogens is 1. The first-order valence-electron chi connectivity index (χ1n) is 9.79. The number of rotatable bonds is 5. The average Bonchev–Trinajstić information content (AvgIpc) is 3.42. The van der Waals surface area contributed by atoms with E-state index in [1.807, 2.05) is 45.0 Å². The number of nitrogens with one attached hydrogen (secondary N) is 1. The van der Waals surface area contributed by atoms with E-state index in [4.69, 9.17) is 4.98 Å². The smallest absolute Gasteiger partial charge is 0.171 e. The van der Waals surface area contributed by atoms with Crippen LogP contribution in [0.3, 0.4) is 0 Å². The van der Waals surface area contributed by atoms with Crippen molar-refractivity contribution in [2.75, 3.05) is 0 Å². The highest BCUT2D eigenvalue weighted by atomic mass is 16.1. The maximum absolute atomic E-state index is 12.7. The zero-order valence-corrected chi connectivity index (χ0v) is 17.5. The van der Waals surface area contributed by atoms with Gasteiger partial charge in [0.2, 0.25) is 0 Å². The molecule has 0 spiro atoms. The molecule has 0 aliphatic rings. The van der Waals surface area contributed by atoms with Gasteiger partial charge in [0, 0.05) is 18.0 Å². The number of aromatic amines is 1. The minimum atomic E-state index is -0.495. The molecule has 0 aliphatic heterocycles. The molecule has 8 nitrogen and oxygen atoms in total. The van der Waals surface area contributed by atoms with Crippen LogP contribution in [0.15, 0.2) is 49.3 Å². The second-order valence-corrected chi connectivity index (χ2v) is 8.24. The first-order valence-corrected chi connectivity index (χ1v) is 9.79. The summed E-state index contributed by atoms with van der Waals surface area (Å²) in [4.78, 5) is 28.7. The molecule has 4 aromatic rings. The summed E-state index contributed by atoms with van der Waals surface area (Å²) in [6.45, 7) is 5.67. The molecule has 0 bridgehead atoms. The fraction of sp³-hybridized carbons (Fsp3) is 0.217. The number of fused-ring (bicyclic) bond motifs is 1. The van der Waals surface area contributed by atoms with Crippen molar-refractivity contribution in [1.82, 2.24) is 29.7 Å². The zero-order valence-electron chi connectivity index (χ0n) is 17.5. The molecule has 0 amide bonds. The predicted molar refractivity (Wildman–Crippen MR) is 117 cm³/mol. The third-order valence-electron chi connectivity index (χ3n) is 4.81. The summed E-state index contributed by atoms with van der Waals surface area (Å²) >= 11 is 0. The van der Waals surface area contributed by atoms with Crippen molar-refractivity contribution >= 4 is 28.7 Å². The molecular formula is C23H21N7O. The van der Waals surface area contributed by atoms with E-state index in [1.165, 1.54) is 17.3 Å². The highest BCUT2D eigenvalue weighted by Gasteiger charge is 2.26. The number of Topliss-reactive ketones (excluding diaryl/α,β-unsaturated/α-hetero) is 1. The number of ketones is 1. The van der Waals surface area contributed by atoms with Crippen LogP contribution in [0.25, 0.3) is 22.9 Å². The summed E-state index contributed by atoms with van der Waals surface area (Å²) in [5.74, 6) is 0.0296. The van der Waals surface area contributed by atoms with Crippen LogP contribution in [0, 0.1) is 16.7 Å². The quantitative estimate of drug-likeness (QED) is 0.394. The van der Waals surface area contributed by atoms with Gasteiger partial charge in [-0.15, -0.1) is 0 Å². The number of allylic oxidation sites excluding steroid dienone is 1. The molecule has 0 unspecified atom stereocenters. The maximum Gasteiger partial charge on any atom is 0.171 e. The van der Waals surface area contributed by atoms with Gasteiger partial charge < -0.3 is 4.98 Å². The molecule has 0 saturated carbocycles. The topological polar surface area (TPSA) is 113 Å². The highest BCUT2D eigenvalue weighted by Crippen LogP contribution is 2.25. The summed E-state index contributed by atoms with van der Waals surface area (Å²) in [6.07, 6.45) is 8.60. The van der Waals surface area contributed by atoms with Crippen LogP contribution in [-0.2, 0) is 6.42 Å². The van der Waals surface area contributed by atoms with Gasteiger partial charge in [-0.2, -0.15) is 10.4 Å². The molecule has 3 heterocycles. The Morgan fingerprint density at radius 2 is 2.03 bits per heavy atom. The molecule has 8 heteroatoms. The Labute approximate surface area is 179 Å². The number of nitriles is 1. The number of aromatic nitrogens is 6. The van der Waals surface area contributed by atoms with Crippen molar-refractivity contribution in [3.05, 3.63) is 71.7 Å². The largest absolute Gasteiger partial charge is 0.344 e. The summed E-state index contributed by atoms with van der Waals surface area (Å²) in [6, 6.07) is 9.94. The van der Waals surface area contributed by atoms with E-state index in [-0.39, 0.29) is 5.78 Å². The van der Waals surface area contributed by atoms with Crippen molar-refractivity contribution in [3.8, 4) is 6.07 Å². The zero-order chi connectivity index (χ0) is 22.0. The minimum absolute atomic E-state index is 0.0296. The van der Waals surface area contributed by atoms with Gasteiger partial charge in [-0.3, -0.25) is 4.79 Å². The highest BCUT2D eigenvalue weighted by molar-refractivity contribution is 6.08. The number of nitrogens with zero attached hydrogens (tertiary/aromatic N) is 6. The Hall–Kier alpha value is -4.12.